The van der Waals surface area contributed by atoms with E-state index in [0.29, 0.717) is 0 Å². The Hall–Kier alpha value is -0.198. The van der Waals surface area contributed by atoms with E-state index in [1.807, 2.05) is 0 Å². The summed E-state index contributed by atoms with van der Waals surface area (Å²) in [6, 6.07) is -0.833. The van der Waals surface area contributed by atoms with Crippen LogP contribution in [0.1, 0.15) is 0 Å². The standard InChI is InChI=1S/CH4N2O.Cr/c2-1(3)4;/h(H4,2,3,4);. The van der Waals surface area contributed by atoms with E-state index in [4.69, 9.17) is 4.79 Å². The first-order valence-electron chi connectivity index (χ1n) is 0.781. The topological polar surface area (TPSA) is 69.1 Å². The number of hydrogen-bond acceptors (Lipinski definition) is 1. The van der Waals surface area contributed by atoms with Crippen molar-refractivity contribution in [1.82, 2.24) is 0 Å². The summed E-state index contributed by atoms with van der Waals surface area (Å²) in [4.78, 5) is 9.00. The first-order valence-corrected chi connectivity index (χ1v) is 0.781. The molecule has 0 aliphatic rings. The Morgan fingerprint density at radius 3 is 1.40 bits per heavy atom. The summed E-state index contributed by atoms with van der Waals surface area (Å²) in [5.74, 6) is 0. The van der Waals surface area contributed by atoms with E-state index in [2.05, 4.69) is 11.5 Å². The summed E-state index contributed by atoms with van der Waals surface area (Å²) in [7, 11) is 0. The molecule has 0 rings (SSSR count). The van der Waals surface area contributed by atoms with Crippen molar-refractivity contribution in [3.63, 3.8) is 0 Å². The molecule has 0 aromatic rings. The zero-order chi connectivity index (χ0) is 3.58. The van der Waals surface area contributed by atoms with Gasteiger partial charge < -0.3 is 11.5 Å². The van der Waals surface area contributed by atoms with E-state index in [1.165, 1.54) is 0 Å². The quantitative estimate of drug-likeness (QED) is 0.415. The number of primary amides is 2. The molecular weight excluding hydrogens is 108 g/mol. The average Bonchev–Trinajstić information content (AvgIpc) is 0.811. The van der Waals surface area contributed by atoms with Crippen molar-refractivity contribution in [2.24, 2.45) is 11.5 Å². The van der Waals surface area contributed by atoms with Crippen LogP contribution in [0.25, 0.3) is 0 Å². The van der Waals surface area contributed by atoms with E-state index in [1.54, 1.807) is 0 Å². The summed E-state index contributed by atoms with van der Waals surface area (Å²) in [6.45, 7) is 0. The number of amides is 2. The van der Waals surface area contributed by atoms with Gasteiger partial charge in [-0.2, -0.15) is 0 Å². The minimum absolute atomic E-state index is 0. The van der Waals surface area contributed by atoms with E-state index in [9.17, 15) is 0 Å². The smallest absolute Gasteiger partial charge is 0.309 e. The van der Waals surface area contributed by atoms with Crippen LogP contribution in [0.3, 0.4) is 0 Å². The molecule has 0 aromatic heterocycles. The summed E-state index contributed by atoms with van der Waals surface area (Å²) >= 11 is 0. The molecule has 0 atom stereocenters. The third kappa shape index (κ3) is 317. The van der Waals surface area contributed by atoms with Crippen molar-refractivity contribution in [1.29, 1.82) is 0 Å². The number of carbonyl (C=O) groups excluding carboxylic acids is 1. The second-order valence-corrected chi connectivity index (χ2v) is 0.402. The van der Waals surface area contributed by atoms with Crippen LogP contribution >= 0.6 is 0 Å². The van der Waals surface area contributed by atoms with E-state index in [-0.39, 0.29) is 17.4 Å². The fraction of sp³-hybridized carbons (Fsp3) is 0. The number of rotatable bonds is 0. The van der Waals surface area contributed by atoms with Crippen molar-refractivity contribution in [3.8, 4) is 0 Å². The minimum Gasteiger partial charge on any atom is -0.352 e. The molecule has 0 bridgehead atoms. The van der Waals surface area contributed by atoms with Gasteiger partial charge in [0.1, 0.15) is 0 Å². The van der Waals surface area contributed by atoms with Gasteiger partial charge in [0.25, 0.3) is 0 Å². The Labute approximate surface area is 40.5 Å². The average molecular weight is 112 g/mol. The van der Waals surface area contributed by atoms with Gasteiger partial charge in [-0.15, -0.1) is 0 Å². The maximum absolute atomic E-state index is 9.00. The molecule has 2 amide bonds. The largest absolute Gasteiger partial charge is 0.352 e. The van der Waals surface area contributed by atoms with Gasteiger partial charge in [0.05, 0.1) is 0 Å². The van der Waals surface area contributed by atoms with E-state index >= 15 is 0 Å². The zero-order valence-electron chi connectivity index (χ0n) is 2.47. The Balaban J connectivity index is 0. The van der Waals surface area contributed by atoms with Gasteiger partial charge in [-0.1, -0.05) is 0 Å². The van der Waals surface area contributed by atoms with Crippen molar-refractivity contribution < 1.29 is 22.2 Å². The van der Waals surface area contributed by atoms with E-state index < -0.39 is 6.03 Å². The van der Waals surface area contributed by atoms with Crippen LogP contribution in [0, 0.1) is 0 Å². The van der Waals surface area contributed by atoms with Crippen LogP contribution in [0.5, 0.6) is 0 Å². The number of hydrogen-bond donors (Lipinski definition) is 2. The monoisotopic (exact) mass is 112 g/mol. The molecule has 3 nitrogen and oxygen atoms in total. The van der Waals surface area contributed by atoms with Gasteiger partial charge in [0, 0.05) is 17.4 Å². The van der Waals surface area contributed by atoms with Crippen LogP contribution in [0.15, 0.2) is 0 Å². The summed E-state index contributed by atoms with van der Waals surface area (Å²) in [5.41, 5.74) is 8.50. The van der Waals surface area contributed by atoms with Crippen molar-refractivity contribution >= 4 is 6.03 Å². The Morgan fingerprint density at radius 1 is 1.40 bits per heavy atom. The van der Waals surface area contributed by atoms with Crippen LogP contribution in [0.4, 0.5) is 4.79 Å². The van der Waals surface area contributed by atoms with Gasteiger partial charge in [0.2, 0.25) is 0 Å². The molecule has 0 spiro atoms. The molecule has 0 radical (unpaired) electrons. The molecule has 0 aliphatic carbocycles. The fourth-order valence-corrected chi connectivity index (χ4v) is 0. The fourth-order valence-electron chi connectivity index (χ4n) is 0. The second kappa shape index (κ2) is 3.80. The predicted molar refractivity (Wildman–Crippen MR) is 13.8 cm³/mol. The maximum Gasteiger partial charge on any atom is 0.309 e. The molecule has 5 heavy (non-hydrogen) atoms. The first-order chi connectivity index (χ1) is 1.73. The molecule has 0 saturated heterocycles. The molecule has 4 N–H and O–H groups in total. The number of carbonyl (C=O) groups is 1. The minimum atomic E-state index is -0.833. The molecule has 30 valence electrons. The molecule has 0 fully saturated rings. The van der Waals surface area contributed by atoms with Gasteiger partial charge in [-0.25, -0.2) is 4.79 Å². The third-order valence-electron chi connectivity index (χ3n) is 0. The normalized spacial score (nSPS) is 4.80. The molecular formula is CH4CrN2O. The van der Waals surface area contributed by atoms with Crippen LogP contribution in [-0.4, -0.2) is 6.03 Å². The third-order valence-corrected chi connectivity index (χ3v) is 0. The van der Waals surface area contributed by atoms with Gasteiger partial charge in [0.15, 0.2) is 0 Å². The number of urea groups is 1. The van der Waals surface area contributed by atoms with E-state index in [0.717, 1.165) is 0 Å². The predicted octanol–water partition coefficient (Wildman–Crippen LogP) is -0.979. The molecule has 0 aromatic carbocycles. The second-order valence-electron chi connectivity index (χ2n) is 0.402. The van der Waals surface area contributed by atoms with Crippen LogP contribution < -0.4 is 11.5 Å². The van der Waals surface area contributed by atoms with Crippen LogP contribution in [0.2, 0.25) is 0 Å². The first kappa shape index (κ1) is 8.84. The van der Waals surface area contributed by atoms with Crippen LogP contribution in [-0.2, 0) is 17.4 Å². The summed E-state index contributed by atoms with van der Waals surface area (Å²) < 4.78 is 0. The van der Waals surface area contributed by atoms with Crippen molar-refractivity contribution in [2.75, 3.05) is 0 Å². The molecule has 4 heteroatoms. The number of nitrogens with two attached hydrogens (primary N) is 2. The Bertz CT molecular complexity index is 32.6. The van der Waals surface area contributed by atoms with Crippen molar-refractivity contribution in [3.05, 3.63) is 0 Å². The Kier molecular flexibility index (Phi) is 6.72. The summed E-state index contributed by atoms with van der Waals surface area (Å²) in [6.07, 6.45) is 0. The SMILES string of the molecule is NC(N)=O.[Cr]. The van der Waals surface area contributed by atoms with Gasteiger partial charge >= 0.3 is 6.03 Å². The van der Waals surface area contributed by atoms with Gasteiger partial charge in [-0.05, 0) is 0 Å². The maximum atomic E-state index is 9.00. The molecule has 0 saturated carbocycles. The zero-order valence-corrected chi connectivity index (χ0v) is 3.75. The molecule has 0 heterocycles. The Morgan fingerprint density at radius 2 is 1.40 bits per heavy atom. The summed E-state index contributed by atoms with van der Waals surface area (Å²) in [5, 5.41) is 0. The molecule has 0 unspecified atom stereocenters. The molecule has 0 aliphatic heterocycles. The van der Waals surface area contributed by atoms with Crippen molar-refractivity contribution in [2.45, 2.75) is 0 Å². The van der Waals surface area contributed by atoms with Gasteiger partial charge in [-0.3, -0.25) is 0 Å².